The zero-order valence-corrected chi connectivity index (χ0v) is 10.9. The van der Waals surface area contributed by atoms with Gasteiger partial charge in [0.1, 0.15) is 0 Å². The van der Waals surface area contributed by atoms with E-state index < -0.39 is 0 Å². The van der Waals surface area contributed by atoms with E-state index >= 15 is 0 Å². The first-order chi connectivity index (χ1) is 7.79. The van der Waals surface area contributed by atoms with Gasteiger partial charge in [-0.05, 0) is 38.5 Å². The van der Waals surface area contributed by atoms with Crippen LogP contribution in [0, 0.1) is 0 Å². The van der Waals surface area contributed by atoms with E-state index in [1.807, 2.05) is 24.0 Å². The summed E-state index contributed by atoms with van der Waals surface area (Å²) >= 11 is 2.01. The maximum absolute atomic E-state index is 4.00. The number of hydrogen-bond donors (Lipinski definition) is 2. The van der Waals surface area contributed by atoms with Gasteiger partial charge in [-0.1, -0.05) is 6.42 Å². The molecule has 0 aromatic carbocycles. The highest BCUT2D eigenvalue weighted by Crippen LogP contribution is 2.28. The summed E-state index contributed by atoms with van der Waals surface area (Å²) in [5, 5.41) is 11.6. The fraction of sp³-hybridized carbons (Fsp3) is 0.750. The lowest BCUT2D eigenvalue weighted by molar-refractivity contribution is 0.350. The maximum Gasteiger partial charge on any atom is 0.0518 e. The number of nitrogens with one attached hydrogen (secondary N) is 2. The smallest absolute Gasteiger partial charge is 0.0518 e. The molecule has 3 unspecified atom stereocenters. The zero-order valence-electron chi connectivity index (χ0n) is 10.1. The van der Waals surface area contributed by atoms with E-state index in [2.05, 4.69) is 28.7 Å². The van der Waals surface area contributed by atoms with Crippen LogP contribution in [0.2, 0.25) is 0 Å². The van der Waals surface area contributed by atoms with Crippen LogP contribution in [-0.4, -0.2) is 27.7 Å². The summed E-state index contributed by atoms with van der Waals surface area (Å²) in [4.78, 5) is 0. The second-order valence-corrected chi connectivity index (χ2v) is 5.76. The van der Waals surface area contributed by atoms with Gasteiger partial charge in [0, 0.05) is 23.5 Å². The molecule has 3 atom stereocenters. The van der Waals surface area contributed by atoms with E-state index in [1.165, 1.54) is 31.4 Å². The van der Waals surface area contributed by atoms with Gasteiger partial charge in [-0.2, -0.15) is 16.9 Å². The van der Waals surface area contributed by atoms with E-state index in [0.717, 1.165) is 5.25 Å². The van der Waals surface area contributed by atoms with Crippen molar-refractivity contribution < 1.29 is 0 Å². The second-order valence-electron chi connectivity index (χ2n) is 4.62. The number of rotatable bonds is 4. The van der Waals surface area contributed by atoms with Crippen LogP contribution < -0.4 is 5.32 Å². The summed E-state index contributed by atoms with van der Waals surface area (Å²) in [5.74, 6) is 0. The first-order valence-corrected chi connectivity index (χ1v) is 7.36. The molecule has 0 amide bonds. The molecule has 2 rings (SSSR count). The zero-order chi connectivity index (χ0) is 11.4. The van der Waals surface area contributed by atoms with Gasteiger partial charge in [0.25, 0.3) is 0 Å². The van der Waals surface area contributed by atoms with Crippen LogP contribution in [0.25, 0.3) is 0 Å². The van der Waals surface area contributed by atoms with Crippen molar-refractivity contribution in [2.75, 3.05) is 6.26 Å². The first-order valence-electron chi connectivity index (χ1n) is 6.07. The van der Waals surface area contributed by atoms with Crippen LogP contribution in [0.5, 0.6) is 0 Å². The number of aromatic amines is 1. The summed E-state index contributed by atoms with van der Waals surface area (Å²) < 4.78 is 0. The molecule has 0 spiro atoms. The molecule has 1 aromatic rings. The van der Waals surface area contributed by atoms with Gasteiger partial charge in [-0.25, -0.2) is 0 Å². The highest BCUT2D eigenvalue weighted by molar-refractivity contribution is 7.99. The number of aromatic nitrogens is 2. The van der Waals surface area contributed by atoms with Crippen molar-refractivity contribution in [1.82, 2.24) is 15.5 Å². The van der Waals surface area contributed by atoms with Crippen LogP contribution in [0.1, 0.15) is 44.3 Å². The van der Waals surface area contributed by atoms with Crippen LogP contribution in [0.4, 0.5) is 0 Å². The minimum Gasteiger partial charge on any atom is -0.306 e. The first kappa shape index (κ1) is 12.0. The Hall–Kier alpha value is -0.480. The minimum absolute atomic E-state index is 0.383. The summed E-state index contributed by atoms with van der Waals surface area (Å²) in [5.41, 5.74) is 1.19. The van der Waals surface area contributed by atoms with Crippen LogP contribution in [0.3, 0.4) is 0 Å². The molecule has 0 aliphatic heterocycles. The number of nitrogens with zero attached hydrogens (tertiary/aromatic N) is 1. The molecule has 1 aliphatic rings. The molecule has 1 heterocycles. The summed E-state index contributed by atoms with van der Waals surface area (Å²) in [6.45, 7) is 2.20. The Labute approximate surface area is 102 Å². The second kappa shape index (κ2) is 5.73. The molecule has 4 heteroatoms. The van der Waals surface area contributed by atoms with Gasteiger partial charge in [-0.3, -0.25) is 5.10 Å². The van der Waals surface area contributed by atoms with E-state index in [0.29, 0.717) is 12.1 Å². The molecule has 1 aromatic heterocycles. The van der Waals surface area contributed by atoms with Gasteiger partial charge in [-0.15, -0.1) is 0 Å². The van der Waals surface area contributed by atoms with Gasteiger partial charge in [0.2, 0.25) is 0 Å². The molecule has 2 N–H and O–H groups in total. The van der Waals surface area contributed by atoms with E-state index in [-0.39, 0.29) is 0 Å². The standard InChI is InChI=1S/C12H21N3S/c1-9(12-6-7-13-15-12)14-10-4-3-5-11(8-10)16-2/h6-7,9-11,14H,3-5,8H2,1-2H3,(H,13,15). The Kier molecular flexibility index (Phi) is 4.29. The van der Waals surface area contributed by atoms with Gasteiger partial charge < -0.3 is 5.32 Å². The van der Waals surface area contributed by atoms with Crippen molar-refractivity contribution >= 4 is 11.8 Å². The quantitative estimate of drug-likeness (QED) is 0.849. The van der Waals surface area contributed by atoms with Crippen molar-refractivity contribution in [2.24, 2.45) is 0 Å². The van der Waals surface area contributed by atoms with E-state index in [1.54, 1.807) is 0 Å². The fourth-order valence-corrected chi connectivity index (χ4v) is 3.29. The summed E-state index contributed by atoms with van der Waals surface area (Å²) in [6, 6.07) is 3.10. The third kappa shape index (κ3) is 3.01. The molecular formula is C12H21N3S. The Balaban J connectivity index is 1.84. The number of H-pyrrole nitrogens is 1. The minimum atomic E-state index is 0.383. The highest BCUT2D eigenvalue weighted by Gasteiger charge is 2.22. The van der Waals surface area contributed by atoms with Crippen molar-refractivity contribution in [3.8, 4) is 0 Å². The van der Waals surface area contributed by atoms with E-state index in [4.69, 9.17) is 0 Å². The van der Waals surface area contributed by atoms with Crippen LogP contribution in [-0.2, 0) is 0 Å². The third-order valence-corrected chi connectivity index (χ3v) is 4.53. The van der Waals surface area contributed by atoms with Gasteiger partial charge in [0.05, 0.1) is 5.69 Å². The Bertz CT molecular complexity index is 299. The molecular weight excluding hydrogens is 218 g/mol. The largest absolute Gasteiger partial charge is 0.306 e. The lowest BCUT2D eigenvalue weighted by atomic mass is 9.94. The average molecular weight is 239 g/mol. The molecule has 3 nitrogen and oxygen atoms in total. The predicted molar refractivity (Wildman–Crippen MR) is 69.7 cm³/mol. The molecule has 1 aliphatic carbocycles. The normalized spacial score (nSPS) is 27.9. The van der Waals surface area contributed by atoms with Crippen molar-refractivity contribution in [1.29, 1.82) is 0 Å². The Morgan fingerprint density at radius 1 is 1.56 bits per heavy atom. The fourth-order valence-electron chi connectivity index (χ4n) is 2.46. The molecule has 90 valence electrons. The van der Waals surface area contributed by atoms with Crippen molar-refractivity contribution in [2.45, 2.75) is 49.9 Å². The van der Waals surface area contributed by atoms with Crippen LogP contribution >= 0.6 is 11.8 Å². The maximum atomic E-state index is 4.00. The van der Waals surface area contributed by atoms with Crippen molar-refractivity contribution in [3.63, 3.8) is 0 Å². The summed E-state index contributed by atoms with van der Waals surface area (Å²) in [7, 11) is 0. The van der Waals surface area contributed by atoms with Crippen LogP contribution in [0.15, 0.2) is 12.3 Å². The topological polar surface area (TPSA) is 40.7 Å². The Morgan fingerprint density at radius 2 is 2.44 bits per heavy atom. The third-order valence-electron chi connectivity index (χ3n) is 3.43. The molecule has 1 fully saturated rings. The van der Waals surface area contributed by atoms with Crippen molar-refractivity contribution in [3.05, 3.63) is 18.0 Å². The SMILES string of the molecule is CSC1CCCC(NC(C)c2ccn[nH]2)C1. The summed E-state index contributed by atoms with van der Waals surface area (Å²) in [6.07, 6.45) is 9.41. The lowest BCUT2D eigenvalue weighted by Crippen LogP contribution is -2.36. The predicted octanol–water partition coefficient (Wildman–Crippen LogP) is 2.73. The van der Waals surface area contributed by atoms with Gasteiger partial charge >= 0.3 is 0 Å². The number of thioether (sulfide) groups is 1. The Morgan fingerprint density at radius 3 is 3.12 bits per heavy atom. The molecule has 0 bridgehead atoms. The molecule has 0 radical (unpaired) electrons. The molecule has 0 saturated heterocycles. The molecule has 1 saturated carbocycles. The van der Waals surface area contributed by atoms with E-state index in [9.17, 15) is 0 Å². The lowest BCUT2D eigenvalue weighted by Gasteiger charge is -2.30. The average Bonchev–Trinajstić information content (AvgIpc) is 2.83. The number of hydrogen-bond acceptors (Lipinski definition) is 3. The molecule has 16 heavy (non-hydrogen) atoms. The monoisotopic (exact) mass is 239 g/mol. The highest BCUT2D eigenvalue weighted by atomic mass is 32.2. The van der Waals surface area contributed by atoms with Gasteiger partial charge in [0.15, 0.2) is 0 Å².